The summed E-state index contributed by atoms with van der Waals surface area (Å²) in [6.45, 7) is 0. The van der Waals surface area contributed by atoms with Gasteiger partial charge in [0.05, 0.1) is 11.7 Å². The summed E-state index contributed by atoms with van der Waals surface area (Å²) >= 11 is 0. The molecule has 5 nitrogen and oxygen atoms in total. The smallest absolute Gasteiger partial charge is 0.179 e. The quantitative estimate of drug-likeness (QED) is 0.626. The first kappa shape index (κ1) is 13.7. The second kappa shape index (κ2) is 5.44. The van der Waals surface area contributed by atoms with Gasteiger partial charge in [-0.15, -0.1) is 10.2 Å². The number of benzene rings is 1. The van der Waals surface area contributed by atoms with Gasteiger partial charge < -0.3 is 4.98 Å². The topological polar surface area (TPSA) is 58.9 Å². The molecule has 0 spiro atoms. The molecule has 4 aromatic rings. The molecule has 0 bridgehead atoms. The van der Waals surface area contributed by atoms with Crippen molar-refractivity contribution < 1.29 is 0 Å². The monoisotopic (exact) mass is 317 g/mol. The fraction of sp³-hybridized carbons (Fsp3) is 0.316. The highest BCUT2D eigenvalue weighted by Crippen LogP contribution is 2.39. The number of aromatic nitrogens is 5. The molecule has 24 heavy (non-hydrogen) atoms. The molecule has 2 atom stereocenters. The number of hydrogen-bond donors (Lipinski definition) is 1. The van der Waals surface area contributed by atoms with Gasteiger partial charge >= 0.3 is 0 Å². The zero-order valence-electron chi connectivity index (χ0n) is 13.4. The number of nitrogens with one attached hydrogen (secondary N) is 1. The van der Waals surface area contributed by atoms with Crippen molar-refractivity contribution in [3.8, 4) is 0 Å². The van der Waals surface area contributed by atoms with E-state index in [4.69, 9.17) is 0 Å². The fourth-order valence-corrected chi connectivity index (χ4v) is 4.10. The van der Waals surface area contributed by atoms with E-state index < -0.39 is 0 Å². The molecule has 0 amide bonds. The van der Waals surface area contributed by atoms with Crippen LogP contribution in [0.5, 0.6) is 0 Å². The van der Waals surface area contributed by atoms with Gasteiger partial charge in [-0.3, -0.25) is 4.40 Å². The first-order chi connectivity index (χ1) is 11.9. The van der Waals surface area contributed by atoms with Crippen LogP contribution >= 0.6 is 0 Å². The fourth-order valence-electron chi connectivity index (χ4n) is 4.10. The second-order valence-electron chi connectivity index (χ2n) is 6.79. The van der Waals surface area contributed by atoms with Crippen LogP contribution < -0.4 is 0 Å². The van der Waals surface area contributed by atoms with E-state index >= 15 is 0 Å². The lowest BCUT2D eigenvalue weighted by atomic mass is 9.96. The van der Waals surface area contributed by atoms with E-state index in [2.05, 4.69) is 61.0 Å². The Kier molecular flexibility index (Phi) is 3.11. The van der Waals surface area contributed by atoms with Crippen LogP contribution in [0.1, 0.15) is 36.6 Å². The van der Waals surface area contributed by atoms with Crippen LogP contribution in [0.4, 0.5) is 0 Å². The Balaban J connectivity index is 1.45. The average molecular weight is 317 g/mol. The molecule has 3 aromatic heterocycles. The van der Waals surface area contributed by atoms with E-state index in [0.717, 1.165) is 35.0 Å². The zero-order chi connectivity index (χ0) is 15.9. The maximum Gasteiger partial charge on any atom is 0.179 e. The van der Waals surface area contributed by atoms with Crippen molar-refractivity contribution in [2.24, 2.45) is 5.92 Å². The maximum absolute atomic E-state index is 4.51. The first-order valence-corrected chi connectivity index (χ1v) is 8.59. The van der Waals surface area contributed by atoms with Crippen molar-refractivity contribution in [1.82, 2.24) is 24.6 Å². The summed E-state index contributed by atoms with van der Waals surface area (Å²) in [5.74, 6) is 2.30. The molecule has 1 N–H and O–H groups in total. The molecule has 120 valence electrons. The number of rotatable bonds is 3. The van der Waals surface area contributed by atoms with E-state index in [1.54, 1.807) is 6.20 Å². The molecule has 5 heteroatoms. The highest BCUT2D eigenvalue weighted by atomic mass is 15.3. The molecule has 1 fully saturated rings. The largest absolute Gasteiger partial charge is 0.345 e. The number of aromatic amines is 1. The Morgan fingerprint density at radius 2 is 2.00 bits per heavy atom. The van der Waals surface area contributed by atoms with Crippen molar-refractivity contribution in [1.29, 1.82) is 0 Å². The third kappa shape index (κ3) is 2.19. The first-order valence-electron chi connectivity index (χ1n) is 8.59. The highest BCUT2D eigenvalue weighted by Gasteiger charge is 2.29. The molecular formula is C19H19N5. The third-order valence-electron chi connectivity index (χ3n) is 5.24. The Morgan fingerprint density at radius 3 is 2.92 bits per heavy atom. The van der Waals surface area contributed by atoms with Crippen LogP contribution in [0.2, 0.25) is 0 Å². The molecule has 0 radical (unpaired) electrons. The Hall–Kier alpha value is -2.69. The second-order valence-corrected chi connectivity index (χ2v) is 6.79. The minimum atomic E-state index is 0.481. The summed E-state index contributed by atoms with van der Waals surface area (Å²) in [5.41, 5.74) is 4.23. The van der Waals surface area contributed by atoms with Gasteiger partial charge in [-0.1, -0.05) is 30.3 Å². The van der Waals surface area contributed by atoms with Crippen molar-refractivity contribution in [2.75, 3.05) is 0 Å². The van der Waals surface area contributed by atoms with Crippen LogP contribution in [0.3, 0.4) is 0 Å². The van der Waals surface area contributed by atoms with Gasteiger partial charge in [0, 0.05) is 12.1 Å². The predicted octanol–water partition coefficient (Wildman–Crippen LogP) is 3.73. The van der Waals surface area contributed by atoms with Crippen LogP contribution in [0, 0.1) is 5.92 Å². The average Bonchev–Trinajstić information content (AvgIpc) is 3.33. The maximum atomic E-state index is 4.51. The molecular weight excluding hydrogens is 298 g/mol. The summed E-state index contributed by atoms with van der Waals surface area (Å²) in [7, 11) is 0. The minimum Gasteiger partial charge on any atom is -0.345 e. The van der Waals surface area contributed by atoms with Crippen molar-refractivity contribution in [3.05, 3.63) is 60.2 Å². The summed E-state index contributed by atoms with van der Waals surface area (Å²) in [6, 6.07) is 12.9. The number of hydrogen-bond acceptors (Lipinski definition) is 3. The lowest BCUT2D eigenvalue weighted by Crippen LogP contribution is -2.04. The van der Waals surface area contributed by atoms with Gasteiger partial charge in [-0.05, 0) is 43.2 Å². The van der Waals surface area contributed by atoms with Gasteiger partial charge in [0.25, 0.3) is 0 Å². The van der Waals surface area contributed by atoms with Gasteiger partial charge in [0.1, 0.15) is 5.82 Å². The highest BCUT2D eigenvalue weighted by molar-refractivity contribution is 5.74. The molecule has 0 aliphatic heterocycles. The Labute approximate surface area is 139 Å². The van der Waals surface area contributed by atoms with Crippen molar-refractivity contribution in [2.45, 2.75) is 31.6 Å². The lowest BCUT2D eigenvalue weighted by Gasteiger charge is -2.11. The van der Waals surface area contributed by atoms with E-state index in [0.29, 0.717) is 5.92 Å². The lowest BCUT2D eigenvalue weighted by molar-refractivity contribution is 0.530. The van der Waals surface area contributed by atoms with Crippen LogP contribution in [0.25, 0.3) is 16.8 Å². The normalized spacial score (nSPS) is 21.0. The van der Waals surface area contributed by atoms with Gasteiger partial charge in [0.15, 0.2) is 11.3 Å². The summed E-state index contributed by atoms with van der Waals surface area (Å²) in [4.78, 5) is 7.57. The number of fused-ring (bicyclic) bond motifs is 3. The van der Waals surface area contributed by atoms with Crippen LogP contribution in [0.15, 0.2) is 48.8 Å². The molecule has 1 aliphatic rings. The van der Waals surface area contributed by atoms with E-state index in [1.807, 2.05) is 6.20 Å². The summed E-state index contributed by atoms with van der Waals surface area (Å²) < 4.78 is 2.17. The van der Waals surface area contributed by atoms with Crippen molar-refractivity contribution in [3.63, 3.8) is 0 Å². The molecule has 0 unspecified atom stereocenters. The van der Waals surface area contributed by atoms with Gasteiger partial charge in [-0.25, -0.2) is 4.98 Å². The molecule has 3 heterocycles. The molecule has 1 aromatic carbocycles. The minimum absolute atomic E-state index is 0.481. The molecule has 1 aliphatic carbocycles. The van der Waals surface area contributed by atoms with Crippen LogP contribution in [-0.4, -0.2) is 24.6 Å². The number of nitrogens with zero attached hydrogens (tertiary/aromatic N) is 4. The van der Waals surface area contributed by atoms with Gasteiger partial charge in [0.2, 0.25) is 0 Å². The molecule has 0 saturated heterocycles. The number of H-pyrrole nitrogens is 1. The van der Waals surface area contributed by atoms with E-state index in [1.165, 1.54) is 24.8 Å². The van der Waals surface area contributed by atoms with Gasteiger partial charge in [-0.2, -0.15) is 0 Å². The SMILES string of the molecule is c1ccc(C[C@@H]2CC[C@@H](c3nnc4cnc5[nH]ccc5n34)C2)cc1. The Bertz CT molecular complexity index is 985. The summed E-state index contributed by atoms with van der Waals surface area (Å²) in [6.07, 6.45) is 8.51. The van der Waals surface area contributed by atoms with Crippen molar-refractivity contribution >= 4 is 16.8 Å². The third-order valence-corrected chi connectivity index (χ3v) is 5.24. The zero-order valence-corrected chi connectivity index (χ0v) is 13.4. The van der Waals surface area contributed by atoms with E-state index in [-0.39, 0.29) is 0 Å². The Morgan fingerprint density at radius 1 is 1.08 bits per heavy atom. The molecule has 5 rings (SSSR count). The predicted molar refractivity (Wildman–Crippen MR) is 92.9 cm³/mol. The summed E-state index contributed by atoms with van der Waals surface area (Å²) in [5, 5.41) is 8.85. The molecule has 1 saturated carbocycles. The van der Waals surface area contributed by atoms with E-state index in [9.17, 15) is 0 Å². The van der Waals surface area contributed by atoms with Crippen LogP contribution in [-0.2, 0) is 6.42 Å². The standard InChI is InChI=1S/C19H19N5/c1-2-4-13(5-3-1)10-14-6-7-15(11-14)19-23-22-17-12-21-18-16(24(17)19)8-9-20-18/h1-5,8-9,12,14-15,20H,6-7,10-11H2/t14-,15+/m0/s1.